The maximum Gasteiger partial charge on any atom is 0.346 e. The first-order valence-corrected chi connectivity index (χ1v) is 8.66. The van der Waals surface area contributed by atoms with Gasteiger partial charge in [-0.05, 0) is 38.5 Å². The molecule has 1 aromatic rings. The number of rotatable bonds is 3. The highest BCUT2D eigenvalue weighted by Gasteiger charge is 2.26. The summed E-state index contributed by atoms with van der Waals surface area (Å²) in [6.45, 7) is 3.78. The molecular formula is C16H26N4O2. The summed E-state index contributed by atoms with van der Waals surface area (Å²) >= 11 is 0. The first-order valence-electron chi connectivity index (χ1n) is 8.66. The summed E-state index contributed by atoms with van der Waals surface area (Å²) < 4.78 is 3.14. The summed E-state index contributed by atoms with van der Waals surface area (Å²) in [6.07, 6.45) is 8.42. The molecule has 3 heterocycles. The van der Waals surface area contributed by atoms with Gasteiger partial charge in [0.05, 0.1) is 0 Å². The van der Waals surface area contributed by atoms with Crippen molar-refractivity contribution in [3.05, 3.63) is 16.3 Å². The van der Waals surface area contributed by atoms with Crippen LogP contribution in [0.15, 0.2) is 4.79 Å². The van der Waals surface area contributed by atoms with E-state index in [1.165, 1.54) is 11.1 Å². The Balaban J connectivity index is 1.75. The fourth-order valence-corrected chi connectivity index (χ4v) is 3.70. The van der Waals surface area contributed by atoms with Crippen LogP contribution in [0.4, 0.5) is 0 Å². The molecule has 0 saturated carbocycles. The minimum Gasteiger partial charge on any atom is -0.338 e. The van der Waals surface area contributed by atoms with E-state index in [1.54, 1.807) is 4.57 Å². The summed E-state index contributed by atoms with van der Waals surface area (Å²) in [7, 11) is 0. The van der Waals surface area contributed by atoms with Crippen molar-refractivity contribution in [3.63, 3.8) is 0 Å². The Morgan fingerprint density at radius 2 is 2.00 bits per heavy atom. The second-order valence-electron chi connectivity index (χ2n) is 6.46. The normalized spacial score (nSPS) is 22.2. The smallest absolute Gasteiger partial charge is 0.338 e. The number of hydrogen-bond acceptors (Lipinski definition) is 3. The highest BCUT2D eigenvalue weighted by atomic mass is 16.2. The second-order valence-corrected chi connectivity index (χ2v) is 6.46. The fraction of sp³-hybridized carbons (Fsp3) is 0.812. The lowest BCUT2D eigenvalue weighted by Gasteiger charge is -2.35. The zero-order valence-electron chi connectivity index (χ0n) is 13.5. The molecule has 3 rings (SSSR count). The van der Waals surface area contributed by atoms with Crippen LogP contribution in [-0.2, 0) is 24.3 Å². The topological polar surface area (TPSA) is 60.1 Å². The summed E-state index contributed by atoms with van der Waals surface area (Å²) in [5, 5.41) is 4.42. The predicted octanol–water partition coefficient (Wildman–Crippen LogP) is 1.56. The van der Waals surface area contributed by atoms with E-state index in [1.807, 2.05) is 4.90 Å². The van der Waals surface area contributed by atoms with Gasteiger partial charge in [-0.25, -0.2) is 9.48 Å². The van der Waals surface area contributed by atoms with E-state index < -0.39 is 0 Å². The van der Waals surface area contributed by atoms with Crippen LogP contribution >= 0.6 is 0 Å². The highest BCUT2D eigenvalue weighted by Crippen LogP contribution is 2.19. The molecule has 0 aliphatic carbocycles. The van der Waals surface area contributed by atoms with Crippen molar-refractivity contribution in [2.45, 2.75) is 77.4 Å². The first-order chi connectivity index (χ1) is 10.7. The summed E-state index contributed by atoms with van der Waals surface area (Å²) in [5.41, 5.74) is -0.115. The van der Waals surface area contributed by atoms with E-state index in [2.05, 4.69) is 12.0 Å². The van der Waals surface area contributed by atoms with Gasteiger partial charge in [-0.15, -0.1) is 0 Å². The van der Waals surface area contributed by atoms with Crippen LogP contribution in [-0.4, -0.2) is 37.7 Å². The fourth-order valence-electron chi connectivity index (χ4n) is 3.70. The monoisotopic (exact) mass is 306 g/mol. The molecule has 0 radical (unpaired) electrons. The maximum absolute atomic E-state index is 12.6. The van der Waals surface area contributed by atoms with Crippen molar-refractivity contribution >= 4 is 5.91 Å². The SMILES string of the molecule is CCC1CCCCN1C(=O)Cn1nc2n(c1=O)CCCCC2. The molecule has 0 spiro atoms. The van der Waals surface area contributed by atoms with Gasteiger partial charge in [0, 0.05) is 25.6 Å². The molecule has 6 heteroatoms. The number of likely N-dealkylation sites (tertiary alicyclic amines) is 1. The van der Waals surface area contributed by atoms with E-state index >= 15 is 0 Å². The van der Waals surface area contributed by atoms with Crippen molar-refractivity contribution in [1.82, 2.24) is 19.2 Å². The Morgan fingerprint density at radius 3 is 2.82 bits per heavy atom. The number of nitrogens with zero attached hydrogens (tertiary/aromatic N) is 4. The van der Waals surface area contributed by atoms with Crippen LogP contribution < -0.4 is 5.69 Å². The Bertz CT molecular complexity index is 589. The zero-order chi connectivity index (χ0) is 15.5. The van der Waals surface area contributed by atoms with Crippen molar-refractivity contribution in [3.8, 4) is 0 Å². The molecule has 0 N–H and O–H groups in total. The Morgan fingerprint density at radius 1 is 1.18 bits per heavy atom. The Kier molecular flexibility index (Phi) is 4.64. The third kappa shape index (κ3) is 2.96. The molecule has 1 atom stereocenters. The first kappa shape index (κ1) is 15.3. The molecular weight excluding hydrogens is 280 g/mol. The van der Waals surface area contributed by atoms with Crippen LogP contribution in [0, 0.1) is 0 Å². The van der Waals surface area contributed by atoms with Crippen LogP contribution in [0.1, 0.15) is 57.7 Å². The van der Waals surface area contributed by atoms with Gasteiger partial charge in [0.2, 0.25) is 5.91 Å². The third-order valence-corrected chi connectivity index (χ3v) is 4.99. The lowest BCUT2D eigenvalue weighted by molar-refractivity contribution is -0.135. The third-order valence-electron chi connectivity index (χ3n) is 4.99. The van der Waals surface area contributed by atoms with Gasteiger partial charge in [-0.2, -0.15) is 5.10 Å². The van der Waals surface area contributed by atoms with Crippen LogP contribution in [0.25, 0.3) is 0 Å². The maximum atomic E-state index is 12.6. The predicted molar refractivity (Wildman–Crippen MR) is 83.7 cm³/mol. The molecule has 1 unspecified atom stereocenters. The largest absolute Gasteiger partial charge is 0.346 e. The lowest BCUT2D eigenvalue weighted by atomic mass is 10.00. The number of fused-ring (bicyclic) bond motifs is 1. The molecule has 0 bridgehead atoms. The average Bonchev–Trinajstić information content (AvgIpc) is 2.71. The van der Waals surface area contributed by atoms with Gasteiger partial charge in [-0.3, -0.25) is 9.36 Å². The van der Waals surface area contributed by atoms with Crippen LogP contribution in [0.5, 0.6) is 0 Å². The number of aryl methyl sites for hydroxylation is 1. The van der Waals surface area contributed by atoms with Crippen molar-refractivity contribution < 1.29 is 4.79 Å². The van der Waals surface area contributed by atoms with E-state index in [9.17, 15) is 9.59 Å². The minimum absolute atomic E-state index is 0.0434. The Hall–Kier alpha value is -1.59. The molecule has 122 valence electrons. The van der Waals surface area contributed by atoms with Crippen molar-refractivity contribution in [2.24, 2.45) is 0 Å². The number of amides is 1. The van der Waals surface area contributed by atoms with Crippen LogP contribution in [0.3, 0.4) is 0 Å². The van der Waals surface area contributed by atoms with E-state index in [0.29, 0.717) is 6.04 Å². The lowest BCUT2D eigenvalue weighted by Crippen LogP contribution is -2.46. The minimum atomic E-state index is -0.115. The van der Waals surface area contributed by atoms with Gasteiger partial charge >= 0.3 is 5.69 Å². The van der Waals surface area contributed by atoms with E-state index in [4.69, 9.17) is 0 Å². The van der Waals surface area contributed by atoms with Crippen LogP contribution in [0.2, 0.25) is 0 Å². The molecule has 1 fully saturated rings. The van der Waals surface area contributed by atoms with E-state index in [0.717, 1.165) is 63.9 Å². The quantitative estimate of drug-likeness (QED) is 0.851. The second kappa shape index (κ2) is 6.67. The molecule has 1 amide bonds. The molecule has 2 aliphatic heterocycles. The molecule has 0 aromatic carbocycles. The summed E-state index contributed by atoms with van der Waals surface area (Å²) in [6, 6.07) is 0.331. The molecule has 2 aliphatic rings. The number of carbonyl (C=O) groups excluding carboxylic acids is 1. The standard InChI is InChI=1S/C16H26N4O2/c1-2-13-8-5-7-10-18(13)15(21)12-20-16(22)19-11-6-3-4-9-14(19)17-20/h13H,2-12H2,1H3. The molecule has 6 nitrogen and oxygen atoms in total. The molecule has 1 saturated heterocycles. The van der Waals surface area contributed by atoms with Gasteiger partial charge in [-0.1, -0.05) is 13.3 Å². The van der Waals surface area contributed by atoms with E-state index in [-0.39, 0.29) is 18.1 Å². The summed E-state index contributed by atoms with van der Waals surface area (Å²) in [4.78, 5) is 27.0. The number of aromatic nitrogens is 3. The molecule has 1 aromatic heterocycles. The van der Waals surface area contributed by atoms with Gasteiger partial charge < -0.3 is 4.90 Å². The van der Waals surface area contributed by atoms with Gasteiger partial charge in [0.15, 0.2) is 0 Å². The van der Waals surface area contributed by atoms with Gasteiger partial charge in [0.1, 0.15) is 12.4 Å². The number of carbonyl (C=O) groups is 1. The van der Waals surface area contributed by atoms with Crippen molar-refractivity contribution in [1.29, 1.82) is 0 Å². The zero-order valence-corrected chi connectivity index (χ0v) is 13.5. The summed E-state index contributed by atoms with van der Waals surface area (Å²) in [5.74, 6) is 0.892. The molecule has 22 heavy (non-hydrogen) atoms. The number of piperidine rings is 1. The van der Waals surface area contributed by atoms with Crippen molar-refractivity contribution in [2.75, 3.05) is 6.54 Å². The highest BCUT2D eigenvalue weighted by molar-refractivity contribution is 5.76. The van der Waals surface area contributed by atoms with Gasteiger partial charge in [0.25, 0.3) is 0 Å². The average molecular weight is 306 g/mol. The Labute approximate surface area is 131 Å². The number of hydrogen-bond donors (Lipinski definition) is 0.